The molecule has 1 aromatic carbocycles. The van der Waals surface area contributed by atoms with Gasteiger partial charge in [-0.3, -0.25) is 10.1 Å². The highest BCUT2D eigenvalue weighted by Gasteiger charge is 2.52. The fourth-order valence-corrected chi connectivity index (χ4v) is 2.99. The van der Waals surface area contributed by atoms with Crippen LogP contribution in [-0.4, -0.2) is 29.7 Å². The van der Waals surface area contributed by atoms with Crippen molar-refractivity contribution in [3.8, 4) is 6.07 Å². The van der Waals surface area contributed by atoms with Crippen LogP contribution in [0, 0.1) is 27.4 Å². The summed E-state index contributed by atoms with van der Waals surface area (Å²) in [5.41, 5.74) is 6.59. The van der Waals surface area contributed by atoms with Crippen LogP contribution in [0.1, 0.15) is 12.0 Å². The van der Waals surface area contributed by atoms with E-state index in [9.17, 15) is 10.1 Å². The van der Waals surface area contributed by atoms with Gasteiger partial charge in [0.2, 0.25) is 0 Å². The van der Waals surface area contributed by atoms with Crippen molar-refractivity contribution in [3.05, 3.63) is 33.9 Å². The van der Waals surface area contributed by atoms with E-state index in [1.54, 1.807) is 6.07 Å². The number of ether oxygens (including phenoxy) is 1. The number of nitrogens with two attached hydrogens (primary N) is 1. The number of fused-ring (bicyclic) bond motifs is 1. The summed E-state index contributed by atoms with van der Waals surface area (Å²) in [6, 6.07) is 6.25. The van der Waals surface area contributed by atoms with Gasteiger partial charge in [0.25, 0.3) is 5.69 Å². The van der Waals surface area contributed by atoms with E-state index in [4.69, 9.17) is 15.7 Å². The Morgan fingerprint density at radius 1 is 1.55 bits per heavy atom. The second-order valence-corrected chi connectivity index (χ2v) is 5.14. The lowest BCUT2D eigenvalue weighted by atomic mass is 9.72. The molecule has 3 rings (SSSR count). The van der Waals surface area contributed by atoms with E-state index in [1.165, 1.54) is 12.1 Å². The highest BCUT2D eigenvalue weighted by Crippen LogP contribution is 2.39. The Kier molecular flexibility index (Phi) is 3.04. The molecule has 1 saturated heterocycles. The standard InChI is InChI=1S/C13H14N4O3/c14-6-7-5-8(1-2-10(7)17(18)19)16-12-11(15)9-3-4-20-13(9)12/h1-2,5,9,11-13,16H,3-4,15H2. The number of rotatable bonds is 3. The van der Waals surface area contributed by atoms with Gasteiger partial charge in [-0.2, -0.15) is 5.26 Å². The first-order valence-corrected chi connectivity index (χ1v) is 6.44. The molecule has 7 heteroatoms. The SMILES string of the molecule is N#Cc1cc(NC2C(N)C3CCOC32)ccc1[N+](=O)[O-]. The molecule has 1 heterocycles. The van der Waals surface area contributed by atoms with Crippen LogP contribution in [0.15, 0.2) is 18.2 Å². The average Bonchev–Trinajstić information content (AvgIpc) is 2.89. The zero-order chi connectivity index (χ0) is 14.3. The van der Waals surface area contributed by atoms with Crippen molar-refractivity contribution >= 4 is 11.4 Å². The molecule has 0 spiro atoms. The number of nitro groups is 1. The number of benzene rings is 1. The molecule has 1 aromatic rings. The minimum Gasteiger partial charge on any atom is -0.378 e. The molecule has 0 bridgehead atoms. The molecule has 1 aliphatic carbocycles. The zero-order valence-corrected chi connectivity index (χ0v) is 10.7. The number of anilines is 1. The molecule has 3 N–H and O–H groups in total. The zero-order valence-electron chi connectivity index (χ0n) is 10.7. The number of nitro benzene ring substituents is 1. The Balaban J connectivity index is 1.79. The number of nitrogens with one attached hydrogen (secondary N) is 1. The van der Waals surface area contributed by atoms with Crippen molar-refractivity contribution in [1.82, 2.24) is 0 Å². The summed E-state index contributed by atoms with van der Waals surface area (Å²) < 4.78 is 5.61. The van der Waals surface area contributed by atoms with Crippen molar-refractivity contribution in [2.75, 3.05) is 11.9 Å². The topological polar surface area (TPSA) is 114 Å². The van der Waals surface area contributed by atoms with Gasteiger partial charge in [0, 0.05) is 30.3 Å². The van der Waals surface area contributed by atoms with Crippen molar-refractivity contribution in [2.24, 2.45) is 11.7 Å². The Morgan fingerprint density at radius 3 is 3.05 bits per heavy atom. The Labute approximate surface area is 115 Å². The summed E-state index contributed by atoms with van der Waals surface area (Å²) in [4.78, 5) is 10.2. The maximum Gasteiger partial charge on any atom is 0.287 e. The third-order valence-corrected chi connectivity index (χ3v) is 4.09. The maximum atomic E-state index is 10.8. The minimum atomic E-state index is -0.562. The Morgan fingerprint density at radius 2 is 2.35 bits per heavy atom. The molecule has 7 nitrogen and oxygen atoms in total. The molecule has 2 aliphatic rings. The molecule has 2 fully saturated rings. The lowest BCUT2D eigenvalue weighted by Crippen LogP contribution is -2.65. The van der Waals surface area contributed by atoms with E-state index in [-0.39, 0.29) is 29.4 Å². The highest BCUT2D eigenvalue weighted by atomic mass is 16.6. The van der Waals surface area contributed by atoms with Crippen LogP contribution < -0.4 is 11.1 Å². The highest BCUT2D eigenvalue weighted by molar-refractivity contribution is 5.59. The average molecular weight is 274 g/mol. The molecular formula is C13H14N4O3. The molecule has 4 atom stereocenters. The number of hydrogen-bond acceptors (Lipinski definition) is 6. The third-order valence-electron chi connectivity index (χ3n) is 4.09. The normalized spacial score (nSPS) is 31.0. The van der Waals surface area contributed by atoms with Crippen molar-refractivity contribution in [1.29, 1.82) is 5.26 Å². The molecule has 1 saturated carbocycles. The fourth-order valence-electron chi connectivity index (χ4n) is 2.99. The van der Waals surface area contributed by atoms with Crippen LogP contribution in [0.2, 0.25) is 0 Å². The van der Waals surface area contributed by atoms with E-state index in [0.29, 0.717) is 11.6 Å². The molecule has 20 heavy (non-hydrogen) atoms. The number of hydrogen-bond donors (Lipinski definition) is 2. The smallest absolute Gasteiger partial charge is 0.287 e. The summed E-state index contributed by atoms with van der Waals surface area (Å²) in [5, 5.41) is 23.0. The second-order valence-electron chi connectivity index (χ2n) is 5.14. The molecule has 1 aliphatic heterocycles. The van der Waals surface area contributed by atoms with Crippen molar-refractivity contribution in [2.45, 2.75) is 24.6 Å². The van der Waals surface area contributed by atoms with Gasteiger partial charge in [-0.05, 0) is 18.6 Å². The number of nitriles is 1. The van der Waals surface area contributed by atoms with Crippen LogP contribution in [0.3, 0.4) is 0 Å². The summed E-state index contributed by atoms with van der Waals surface area (Å²) in [6.07, 6.45) is 1.08. The molecule has 0 aromatic heterocycles. The maximum absolute atomic E-state index is 10.8. The predicted octanol–water partition coefficient (Wildman–Crippen LogP) is 0.993. The first kappa shape index (κ1) is 12.8. The van der Waals surface area contributed by atoms with E-state index in [0.717, 1.165) is 13.0 Å². The van der Waals surface area contributed by atoms with Crippen LogP contribution in [-0.2, 0) is 4.74 Å². The molecule has 0 amide bonds. The van der Waals surface area contributed by atoms with E-state index < -0.39 is 4.92 Å². The van der Waals surface area contributed by atoms with Crippen LogP contribution >= 0.6 is 0 Å². The number of nitrogens with zero attached hydrogens (tertiary/aromatic N) is 2. The largest absolute Gasteiger partial charge is 0.378 e. The lowest BCUT2D eigenvalue weighted by molar-refractivity contribution is -0.385. The van der Waals surface area contributed by atoms with Crippen molar-refractivity contribution in [3.63, 3.8) is 0 Å². The van der Waals surface area contributed by atoms with Gasteiger partial charge >= 0.3 is 0 Å². The van der Waals surface area contributed by atoms with E-state index in [2.05, 4.69) is 5.32 Å². The first-order valence-electron chi connectivity index (χ1n) is 6.44. The quantitative estimate of drug-likeness (QED) is 0.627. The van der Waals surface area contributed by atoms with Crippen LogP contribution in [0.25, 0.3) is 0 Å². The third kappa shape index (κ3) is 1.90. The van der Waals surface area contributed by atoms with E-state index >= 15 is 0 Å². The first-order chi connectivity index (χ1) is 9.61. The van der Waals surface area contributed by atoms with Crippen LogP contribution in [0.4, 0.5) is 11.4 Å². The van der Waals surface area contributed by atoms with Gasteiger partial charge in [0.1, 0.15) is 11.6 Å². The van der Waals surface area contributed by atoms with Gasteiger partial charge in [-0.1, -0.05) is 0 Å². The predicted molar refractivity (Wildman–Crippen MR) is 71.0 cm³/mol. The van der Waals surface area contributed by atoms with Gasteiger partial charge in [-0.25, -0.2) is 0 Å². The fraction of sp³-hybridized carbons (Fsp3) is 0.462. The Bertz CT molecular complexity index is 598. The summed E-state index contributed by atoms with van der Waals surface area (Å²) in [5.74, 6) is 0.390. The second kappa shape index (κ2) is 4.74. The van der Waals surface area contributed by atoms with Gasteiger partial charge in [0.15, 0.2) is 0 Å². The Hall–Kier alpha value is -2.17. The van der Waals surface area contributed by atoms with Gasteiger partial charge < -0.3 is 15.8 Å². The monoisotopic (exact) mass is 274 g/mol. The van der Waals surface area contributed by atoms with Crippen LogP contribution in [0.5, 0.6) is 0 Å². The molecule has 4 unspecified atom stereocenters. The molecule has 0 radical (unpaired) electrons. The van der Waals surface area contributed by atoms with Gasteiger partial charge in [-0.15, -0.1) is 0 Å². The molecule has 104 valence electrons. The summed E-state index contributed by atoms with van der Waals surface area (Å²) >= 11 is 0. The van der Waals surface area contributed by atoms with Gasteiger partial charge in [0.05, 0.1) is 17.1 Å². The van der Waals surface area contributed by atoms with E-state index in [1.807, 2.05) is 6.07 Å². The summed E-state index contributed by atoms with van der Waals surface area (Å²) in [6.45, 7) is 0.727. The lowest BCUT2D eigenvalue weighted by Gasteiger charge is -2.46. The summed E-state index contributed by atoms with van der Waals surface area (Å²) in [7, 11) is 0. The minimum absolute atomic E-state index is 0.00417. The molecular weight excluding hydrogens is 260 g/mol. The van der Waals surface area contributed by atoms with Crippen molar-refractivity contribution < 1.29 is 9.66 Å².